The van der Waals surface area contributed by atoms with Crippen LogP contribution >= 0.6 is 0 Å². The molecular weight excluding hydrogens is 378 g/mol. The highest BCUT2D eigenvalue weighted by molar-refractivity contribution is 5.96. The third kappa shape index (κ3) is 6.51. The van der Waals surface area contributed by atoms with Crippen molar-refractivity contribution in [3.63, 3.8) is 0 Å². The maximum Gasteiger partial charge on any atom is 0.243 e. The van der Waals surface area contributed by atoms with Crippen LogP contribution in [-0.2, 0) is 9.59 Å². The van der Waals surface area contributed by atoms with Crippen LogP contribution < -0.4 is 20.7 Å². The van der Waals surface area contributed by atoms with Gasteiger partial charge in [-0.3, -0.25) is 9.59 Å². The highest BCUT2D eigenvalue weighted by Crippen LogP contribution is 2.31. The zero-order chi connectivity index (χ0) is 21.5. The van der Waals surface area contributed by atoms with Gasteiger partial charge in [0.15, 0.2) is 0 Å². The zero-order valence-corrected chi connectivity index (χ0v) is 18.0. The Morgan fingerprint density at radius 1 is 1.07 bits per heavy atom. The van der Waals surface area contributed by atoms with Gasteiger partial charge in [0.2, 0.25) is 11.8 Å². The van der Waals surface area contributed by atoms with Gasteiger partial charge in [0.25, 0.3) is 0 Å². The molecule has 30 heavy (non-hydrogen) atoms. The van der Waals surface area contributed by atoms with Crippen LogP contribution in [0.5, 0.6) is 5.75 Å². The highest BCUT2D eigenvalue weighted by atomic mass is 16.5. The van der Waals surface area contributed by atoms with E-state index in [0.29, 0.717) is 18.2 Å². The van der Waals surface area contributed by atoms with E-state index in [4.69, 9.17) is 4.74 Å². The summed E-state index contributed by atoms with van der Waals surface area (Å²) >= 11 is 0. The normalized spacial score (nSPS) is 13.1. The van der Waals surface area contributed by atoms with Crippen molar-refractivity contribution in [2.24, 2.45) is 11.8 Å². The first kappa shape index (κ1) is 21.7. The van der Waals surface area contributed by atoms with E-state index < -0.39 is 0 Å². The van der Waals surface area contributed by atoms with Gasteiger partial charge in [0.05, 0.1) is 13.2 Å². The van der Waals surface area contributed by atoms with Crippen molar-refractivity contribution in [2.45, 2.75) is 40.0 Å². The largest absolute Gasteiger partial charge is 0.494 e. The molecule has 1 fully saturated rings. The molecule has 0 radical (unpaired) electrons. The topological polar surface area (TPSA) is 79.5 Å². The van der Waals surface area contributed by atoms with Gasteiger partial charge in [0, 0.05) is 29.0 Å². The van der Waals surface area contributed by atoms with E-state index in [1.165, 1.54) is 0 Å². The molecule has 2 aromatic carbocycles. The van der Waals surface area contributed by atoms with Crippen molar-refractivity contribution < 1.29 is 14.3 Å². The van der Waals surface area contributed by atoms with Gasteiger partial charge in [-0.05, 0) is 61.9 Å². The van der Waals surface area contributed by atoms with Crippen LogP contribution in [0.4, 0.5) is 17.1 Å². The molecule has 160 valence electrons. The molecule has 0 aliphatic heterocycles. The summed E-state index contributed by atoms with van der Waals surface area (Å²) in [7, 11) is 0. The van der Waals surface area contributed by atoms with Crippen molar-refractivity contribution in [3.8, 4) is 5.75 Å². The first-order chi connectivity index (χ1) is 14.4. The van der Waals surface area contributed by atoms with Gasteiger partial charge < -0.3 is 20.7 Å². The van der Waals surface area contributed by atoms with Crippen molar-refractivity contribution in [1.29, 1.82) is 0 Å². The molecule has 0 unspecified atom stereocenters. The smallest absolute Gasteiger partial charge is 0.243 e. The Bertz CT molecular complexity index is 891. The molecule has 0 atom stereocenters. The first-order valence-electron chi connectivity index (χ1n) is 10.6. The SMILES string of the molecule is Cc1c(NCC(=O)Nc2cccc(OCCC(C)C)c2)cccc1NC(=O)C1CC1. The number of rotatable bonds is 10. The van der Waals surface area contributed by atoms with Gasteiger partial charge in [-0.15, -0.1) is 0 Å². The van der Waals surface area contributed by atoms with E-state index in [-0.39, 0.29) is 24.3 Å². The quantitative estimate of drug-likeness (QED) is 0.526. The van der Waals surface area contributed by atoms with Crippen LogP contribution in [0.25, 0.3) is 0 Å². The summed E-state index contributed by atoms with van der Waals surface area (Å²) in [5, 5.41) is 9.02. The average Bonchev–Trinajstić information content (AvgIpc) is 3.54. The van der Waals surface area contributed by atoms with E-state index in [0.717, 1.165) is 42.0 Å². The summed E-state index contributed by atoms with van der Waals surface area (Å²) in [6, 6.07) is 13.1. The molecule has 2 aromatic rings. The number of anilines is 3. The number of carbonyl (C=O) groups is 2. The van der Waals surface area contributed by atoms with Gasteiger partial charge in [-0.1, -0.05) is 26.0 Å². The molecular formula is C24H31N3O3. The molecule has 3 N–H and O–H groups in total. The summed E-state index contributed by atoms with van der Waals surface area (Å²) in [6.45, 7) is 7.03. The molecule has 1 aliphatic carbocycles. The van der Waals surface area contributed by atoms with Crippen LogP contribution in [0, 0.1) is 18.8 Å². The number of hydrogen-bond donors (Lipinski definition) is 3. The predicted octanol–water partition coefficient (Wildman–Crippen LogP) is 4.82. The highest BCUT2D eigenvalue weighted by Gasteiger charge is 2.29. The predicted molar refractivity (Wildman–Crippen MR) is 121 cm³/mol. The Morgan fingerprint density at radius 3 is 2.53 bits per heavy atom. The number of benzene rings is 2. The minimum atomic E-state index is -0.152. The molecule has 0 saturated heterocycles. The minimum absolute atomic E-state index is 0.0727. The average molecular weight is 410 g/mol. The summed E-state index contributed by atoms with van der Waals surface area (Å²) < 4.78 is 5.75. The van der Waals surface area contributed by atoms with Crippen LogP contribution in [0.15, 0.2) is 42.5 Å². The van der Waals surface area contributed by atoms with Crippen LogP contribution in [-0.4, -0.2) is 25.0 Å². The van der Waals surface area contributed by atoms with Crippen molar-refractivity contribution >= 4 is 28.9 Å². The number of carbonyl (C=O) groups excluding carboxylic acids is 2. The van der Waals surface area contributed by atoms with E-state index in [9.17, 15) is 9.59 Å². The molecule has 0 heterocycles. The van der Waals surface area contributed by atoms with Gasteiger partial charge >= 0.3 is 0 Å². The Kier molecular flexibility index (Phi) is 7.33. The lowest BCUT2D eigenvalue weighted by atomic mass is 10.1. The Balaban J connectivity index is 1.51. The molecule has 2 amide bonds. The Labute approximate surface area is 178 Å². The molecule has 6 heteroatoms. The summed E-state index contributed by atoms with van der Waals surface area (Å²) in [5.41, 5.74) is 3.22. The second-order valence-electron chi connectivity index (χ2n) is 8.20. The van der Waals surface area contributed by atoms with Gasteiger partial charge in [-0.25, -0.2) is 0 Å². The first-order valence-corrected chi connectivity index (χ1v) is 10.6. The number of ether oxygens (including phenoxy) is 1. The third-order valence-corrected chi connectivity index (χ3v) is 5.06. The lowest BCUT2D eigenvalue weighted by Crippen LogP contribution is -2.22. The number of amides is 2. The van der Waals surface area contributed by atoms with Crippen LogP contribution in [0.2, 0.25) is 0 Å². The van der Waals surface area contributed by atoms with Crippen LogP contribution in [0.1, 0.15) is 38.7 Å². The summed E-state index contributed by atoms with van der Waals surface area (Å²) in [6.07, 6.45) is 2.92. The van der Waals surface area contributed by atoms with E-state index in [2.05, 4.69) is 29.8 Å². The fourth-order valence-electron chi connectivity index (χ4n) is 3.00. The van der Waals surface area contributed by atoms with E-state index >= 15 is 0 Å². The van der Waals surface area contributed by atoms with Gasteiger partial charge in [-0.2, -0.15) is 0 Å². The molecule has 0 spiro atoms. The Hall–Kier alpha value is -3.02. The van der Waals surface area contributed by atoms with Crippen molar-refractivity contribution in [2.75, 3.05) is 29.1 Å². The van der Waals surface area contributed by atoms with Crippen molar-refractivity contribution in [3.05, 3.63) is 48.0 Å². The Morgan fingerprint density at radius 2 is 1.80 bits per heavy atom. The molecule has 0 aromatic heterocycles. The second kappa shape index (κ2) is 10.1. The lowest BCUT2D eigenvalue weighted by molar-refractivity contribution is -0.117. The van der Waals surface area contributed by atoms with Crippen molar-refractivity contribution in [1.82, 2.24) is 0 Å². The molecule has 1 aliphatic rings. The third-order valence-electron chi connectivity index (χ3n) is 5.06. The molecule has 3 rings (SSSR count). The van der Waals surface area contributed by atoms with E-state index in [1.807, 2.05) is 49.4 Å². The molecule has 1 saturated carbocycles. The summed E-state index contributed by atoms with van der Waals surface area (Å²) in [4.78, 5) is 24.4. The van der Waals surface area contributed by atoms with E-state index in [1.54, 1.807) is 0 Å². The monoisotopic (exact) mass is 409 g/mol. The number of hydrogen-bond acceptors (Lipinski definition) is 4. The zero-order valence-electron chi connectivity index (χ0n) is 18.0. The van der Waals surface area contributed by atoms with Crippen LogP contribution in [0.3, 0.4) is 0 Å². The maximum atomic E-state index is 12.4. The fraction of sp³-hybridized carbons (Fsp3) is 0.417. The number of nitrogens with one attached hydrogen (secondary N) is 3. The molecule has 0 bridgehead atoms. The lowest BCUT2D eigenvalue weighted by Gasteiger charge is -2.14. The summed E-state index contributed by atoms with van der Waals surface area (Å²) in [5.74, 6) is 1.40. The molecule has 6 nitrogen and oxygen atoms in total. The maximum absolute atomic E-state index is 12.4. The fourth-order valence-corrected chi connectivity index (χ4v) is 3.00. The van der Waals surface area contributed by atoms with Gasteiger partial charge in [0.1, 0.15) is 5.75 Å². The minimum Gasteiger partial charge on any atom is -0.494 e. The standard InChI is InChI=1S/C24H31N3O3/c1-16(2)12-13-30-20-7-4-6-19(14-20)26-23(28)15-25-21-8-5-9-22(17(21)3)27-24(29)18-10-11-18/h4-9,14,16,18,25H,10-13,15H2,1-3H3,(H,26,28)(H,27,29). The second-order valence-corrected chi connectivity index (χ2v) is 8.20.